The third kappa shape index (κ3) is 4.86. The lowest BCUT2D eigenvalue weighted by Crippen LogP contribution is -2.14. The van der Waals surface area contributed by atoms with Gasteiger partial charge in [0.05, 0.1) is 4.92 Å². The largest absolute Gasteiger partial charge is 0.388 e. The quantitative estimate of drug-likeness (QED) is 0.592. The molecule has 0 saturated carbocycles. The molecule has 0 bridgehead atoms. The van der Waals surface area contributed by atoms with Crippen LogP contribution in [0.15, 0.2) is 18.2 Å². The van der Waals surface area contributed by atoms with E-state index in [0.717, 1.165) is 6.42 Å². The van der Waals surface area contributed by atoms with Gasteiger partial charge in [0.15, 0.2) is 0 Å². The lowest BCUT2D eigenvalue weighted by molar-refractivity contribution is -0.384. The van der Waals surface area contributed by atoms with Gasteiger partial charge in [-0.25, -0.2) is 0 Å². The van der Waals surface area contributed by atoms with Crippen LogP contribution in [0.3, 0.4) is 0 Å². The summed E-state index contributed by atoms with van der Waals surface area (Å²) in [6.45, 7) is 2.55. The molecule has 2 N–H and O–H groups in total. The second-order valence-electron chi connectivity index (χ2n) is 4.30. The van der Waals surface area contributed by atoms with Crippen molar-refractivity contribution in [2.45, 2.75) is 18.6 Å². The number of nitro benzene ring substituents is 1. The number of nitrogens with zero attached hydrogens (tertiary/aromatic N) is 1. The normalized spacial score (nSPS) is 13.6. The highest BCUT2D eigenvalue weighted by Crippen LogP contribution is 2.24. The van der Waals surface area contributed by atoms with Gasteiger partial charge in [0, 0.05) is 59.4 Å². The fraction of sp³-hybridized carbons (Fsp3) is 0.500. The summed E-state index contributed by atoms with van der Waals surface area (Å²) in [7, 11) is 0.867. The fourth-order valence-electron chi connectivity index (χ4n) is 1.55. The lowest BCUT2D eigenvalue weighted by atomic mass is 10.2. The van der Waals surface area contributed by atoms with Crippen LogP contribution in [0.4, 0.5) is 17.1 Å². The molecule has 1 aromatic carbocycles. The van der Waals surface area contributed by atoms with Gasteiger partial charge in [0.25, 0.3) is 5.69 Å². The smallest absolute Gasteiger partial charge is 0.273 e. The summed E-state index contributed by atoms with van der Waals surface area (Å²) in [5, 5.41) is 16.9. The maximum Gasteiger partial charge on any atom is 0.273 e. The number of rotatable bonds is 7. The molecule has 0 aliphatic heterocycles. The van der Waals surface area contributed by atoms with Crippen LogP contribution in [0.1, 0.15) is 13.3 Å². The minimum atomic E-state index is -0.846. The SMILES string of the molecule is CNc1cc(NCCC(C)S(C)=O)cc([N+](=O)[O-])c1. The molecule has 19 heavy (non-hydrogen) atoms. The van der Waals surface area contributed by atoms with Crippen LogP contribution in [0.25, 0.3) is 0 Å². The second kappa shape index (κ2) is 7.08. The molecule has 0 heterocycles. The zero-order valence-corrected chi connectivity index (χ0v) is 12.1. The molecule has 2 unspecified atom stereocenters. The minimum absolute atomic E-state index is 0.0430. The first kappa shape index (κ1) is 15.4. The lowest BCUT2D eigenvalue weighted by Gasteiger charge is -2.11. The van der Waals surface area contributed by atoms with Crippen LogP contribution >= 0.6 is 0 Å². The predicted octanol–water partition coefficient (Wildman–Crippen LogP) is 2.21. The Hall–Kier alpha value is -1.63. The molecule has 0 aromatic heterocycles. The van der Waals surface area contributed by atoms with E-state index in [4.69, 9.17) is 0 Å². The van der Waals surface area contributed by atoms with E-state index in [1.54, 1.807) is 19.4 Å². The maximum absolute atomic E-state index is 11.2. The van der Waals surface area contributed by atoms with Crippen LogP contribution < -0.4 is 10.6 Å². The Balaban J connectivity index is 2.70. The summed E-state index contributed by atoms with van der Waals surface area (Å²) in [6.07, 6.45) is 2.43. The van der Waals surface area contributed by atoms with Crippen molar-refractivity contribution in [3.05, 3.63) is 28.3 Å². The molecule has 1 rings (SSSR count). The summed E-state index contributed by atoms with van der Waals surface area (Å²) < 4.78 is 11.2. The van der Waals surface area contributed by atoms with Crippen molar-refractivity contribution in [3.63, 3.8) is 0 Å². The molecular weight excluding hydrogens is 266 g/mol. The number of nitro groups is 1. The molecule has 7 heteroatoms. The summed E-state index contributed by atoms with van der Waals surface area (Å²) >= 11 is 0. The zero-order chi connectivity index (χ0) is 14.4. The average molecular weight is 285 g/mol. The van der Waals surface area contributed by atoms with Crippen molar-refractivity contribution < 1.29 is 9.13 Å². The number of benzene rings is 1. The fourth-order valence-corrected chi connectivity index (χ4v) is 2.00. The molecule has 0 aliphatic rings. The van der Waals surface area contributed by atoms with Gasteiger partial charge in [-0.05, 0) is 12.5 Å². The molecule has 6 nitrogen and oxygen atoms in total. The van der Waals surface area contributed by atoms with Crippen LogP contribution in [0.2, 0.25) is 0 Å². The van der Waals surface area contributed by atoms with Crippen molar-refractivity contribution in [2.75, 3.05) is 30.5 Å². The summed E-state index contributed by atoms with van der Waals surface area (Å²) in [5.74, 6) is 0. The number of nitrogens with one attached hydrogen (secondary N) is 2. The number of hydrogen-bond acceptors (Lipinski definition) is 5. The van der Waals surface area contributed by atoms with E-state index >= 15 is 0 Å². The van der Waals surface area contributed by atoms with E-state index in [1.165, 1.54) is 12.1 Å². The third-order valence-electron chi connectivity index (χ3n) is 2.86. The summed E-state index contributed by atoms with van der Waals surface area (Å²) in [5.41, 5.74) is 1.41. The maximum atomic E-state index is 11.2. The van der Waals surface area contributed by atoms with Crippen LogP contribution in [0.5, 0.6) is 0 Å². The van der Waals surface area contributed by atoms with E-state index in [-0.39, 0.29) is 10.9 Å². The van der Waals surface area contributed by atoms with Crippen LogP contribution in [0, 0.1) is 10.1 Å². The first-order valence-corrected chi connectivity index (χ1v) is 7.59. The molecule has 1 aromatic rings. The Morgan fingerprint density at radius 1 is 1.37 bits per heavy atom. The molecule has 0 fully saturated rings. The van der Waals surface area contributed by atoms with Gasteiger partial charge in [0.1, 0.15) is 0 Å². The van der Waals surface area contributed by atoms with Gasteiger partial charge in [-0.1, -0.05) is 6.92 Å². The van der Waals surface area contributed by atoms with Crippen LogP contribution in [-0.2, 0) is 10.8 Å². The topological polar surface area (TPSA) is 84.3 Å². The van der Waals surface area contributed by atoms with E-state index in [9.17, 15) is 14.3 Å². The van der Waals surface area contributed by atoms with Gasteiger partial charge in [-0.3, -0.25) is 14.3 Å². The van der Waals surface area contributed by atoms with Crippen molar-refractivity contribution in [2.24, 2.45) is 0 Å². The molecule has 0 aliphatic carbocycles. The Labute approximate surface area is 115 Å². The van der Waals surface area contributed by atoms with Gasteiger partial charge in [0.2, 0.25) is 0 Å². The molecule has 106 valence electrons. The number of anilines is 2. The summed E-state index contributed by atoms with van der Waals surface area (Å²) in [6, 6.07) is 4.78. The van der Waals surface area contributed by atoms with Gasteiger partial charge in [-0.15, -0.1) is 0 Å². The van der Waals surface area contributed by atoms with E-state index in [1.807, 2.05) is 6.92 Å². The van der Waals surface area contributed by atoms with Gasteiger partial charge in [-0.2, -0.15) is 0 Å². The first-order chi connectivity index (χ1) is 8.93. The Kier molecular flexibility index (Phi) is 5.75. The summed E-state index contributed by atoms with van der Waals surface area (Å²) in [4.78, 5) is 10.4. The van der Waals surface area contributed by atoms with E-state index in [0.29, 0.717) is 17.9 Å². The second-order valence-corrected chi connectivity index (χ2v) is 6.10. The molecule has 0 saturated heterocycles. The Bertz CT molecular complexity index is 479. The zero-order valence-electron chi connectivity index (χ0n) is 11.3. The Morgan fingerprint density at radius 2 is 2.00 bits per heavy atom. The minimum Gasteiger partial charge on any atom is -0.388 e. The van der Waals surface area contributed by atoms with Crippen LogP contribution in [-0.4, -0.2) is 34.2 Å². The molecule has 0 amide bonds. The van der Waals surface area contributed by atoms with Crippen molar-refractivity contribution >= 4 is 27.9 Å². The molecule has 0 radical (unpaired) electrons. The van der Waals surface area contributed by atoms with E-state index < -0.39 is 15.7 Å². The van der Waals surface area contributed by atoms with Crippen molar-refractivity contribution in [1.82, 2.24) is 0 Å². The average Bonchev–Trinajstić information content (AvgIpc) is 2.37. The number of non-ortho nitro benzene ring substituents is 1. The van der Waals surface area contributed by atoms with Gasteiger partial charge < -0.3 is 10.6 Å². The van der Waals surface area contributed by atoms with Gasteiger partial charge >= 0.3 is 0 Å². The predicted molar refractivity (Wildman–Crippen MR) is 79.3 cm³/mol. The number of hydrogen-bond donors (Lipinski definition) is 2. The standard InChI is InChI=1S/C12H19N3O3S/c1-9(19(3)18)4-5-14-11-6-10(13-2)7-12(8-11)15(16)17/h6-9,13-14H,4-5H2,1-3H3. The molecule has 0 spiro atoms. The highest BCUT2D eigenvalue weighted by atomic mass is 32.2. The van der Waals surface area contributed by atoms with Crippen molar-refractivity contribution in [3.8, 4) is 0 Å². The highest BCUT2D eigenvalue weighted by molar-refractivity contribution is 7.84. The van der Waals surface area contributed by atoms with Crippen molar-refractivity contribution in [1.29, 1.82) is 0 Å². The highest BCUT2D eigenvalue weighted by Gasteiger charge is 2.10. The van der Waals surface area contributed by atoms with E-state index in [2.05, 4.69) is 10.6 Å². The Morgan fingerprint density at radius 3 is 2.53 bits per heavy atom. The molecule has 2 atom stereocenters. The monoisotopic (exact) mass is 285 g/mol. The molecular formula is C12H19N3O3S. The third-order valence-corrected chi connectivity index (χ3v) is 4.23. The first-order valence-electron chi connectivity index (χ1n) is 5.97.